The Kier molecular flexibility index (Phi) is 3.97. The van der Waals surface area contributed by atoms with Gasteiger partial charge in [-0.25, -0.2) is 0 Å². The SMILES string of the molecule is CCCOc1ccc(-c2nc([C@@H]3CCOC3)no2)cc1. The summed E-state index contributed by atoms with van der Waals surface area (Å²) in [7, 11) is 0. The monoisotopic (exact) mass is 274 g/mol. The topological polar surface area (TPSA) is 57.4 Å². The van der Waals surface area contributed by atoms with E-state index in [0.29, 0.717) is 12.5 Å². The van der Waals surface area contributed by atoms with Crippen LogP contribution in [0.1, 0.15) is 31.5 Å². The van der Waals surface area contributed by atoms with Gasteiger partial charge in [-0.15, -0.1) is 0 Å². The highest BCUT2D eigenvalue weighted by atomic mass is 16.5. The number of hydrogen-bond acceptors (Lipinski definition) is 5. The van der Waals surface area contributed by atoms with E-state index in [1.165, 1.54) is 0 Å². The molecule has 20 heavy (non-hydrogen) atoms. The van der Waals surface area contributed by atoms with Crippen LogP contribution in [0, 0.1) is 0 Å². The molecule has 1 aliphatic rings. The van der Waals surface area contributed by atoms with Gasteiger partial charge in [-0.1, -0.05) is 12.1 Å². The second kappa shape index (κ2) is 6.05. The molecule has 2 heterocycles. The summed E-state index contributed by atoms with van der Waals surface area (Å²) >= 11 is 0. The van der Waals surface area contributed by atoms with Gasteiger partial charge in [-0.05, 0) is 37.1 Å². The van der Waals surface area contributed by atoms with E-state index in [4.69, 9.17) is 14.0 Å². The van der Waals surface area contributed by atoms with Crippen LogP contribution in [0.3, 0.4) is 0 Å². The van der Waals surface area contributed by atoms with Crippen molar-refractivity contribution in [1.29, 1.82) is 0 Å². The molecule has 106 valence electrons. The van der Waals surface area contributed by atoms with Crippen LogP contribution in [-0.4, -0.2) is 30.0 Å². The highest BCUT2D eigenvalue weighted by Gasteiger charge is 2.23. The second-order valence-electron chi connectivity index (χ2n) is 4.89. The van der Waals surface area contributed by atoms with E-state index in [-0.39, 0.29) is 5.92 Å². The summed E-state index contributed by atoms with van der Waals surface area (Å²) in [4.78, 5) is 4.46. The van der Waals surface area contributed by atoms with Crippen molar-refractivity contribution in [2.75, 3.05) is 19.8 Å². The Balaban J connectivity index is 1.72. The number of benzene rings is 1. The Bertz CT molecular complexity index is 545. The summed E-state index contributed by atoms with van der Waals surface area (Å²) in [5.74, 6) is 2.41. The van der Waals surface area contributed by atoms with Crippen molar-refractivity contribution < 1.29 is 14.0 Å². The molecule has 0 saturated carbocycles. The Labute approximate surface area is 117 Å². The van der Waals surface area contributed by atoms with Gasteiger partial charge >= 0.3 is 0 Å². The number of hydrogen-bond donors (Lipinski definition) is 0. The molecule has 5 heteroatoms. The summed E-state index contributed by atoms with van der Waals surface area (Å²) < 4.78 is 16.2. The largest absolute Gasteiger partial charge is 0.494 e. The lowest BCUT2D eigenvalue weighted by Crippen LogP contribution is -1.99. The van der Waals surface area contributed by atoms with E-state index in [1.54, 1.807) is 0 Å². The van der Waals surface area contributed by atoms with Crippen molar-refractivity contribution in [3.63, 3.8) is 0 Å². The summed E-state index contributed by atoms with van der Waals surface area (Å²) in [6.07, 6.45) is 1.96. The van der Waals surface area contributed by atoms with Gasteiger partial charge in [0.05, 0.1) is 13.2 Å². The average molecular weight is 274 g/mol. The lowest BCUT2D eigenvalue weighted by Gasteiger charge is -2.03. The first-order chi connectivity index (χ1) is 9.86. The molecule has 1 aliphatic heterocycles. The Morgan fingerprint density at radius 2 is 2.15 bits per heavy atom. The molecule has 0 aliphatic carbocycles. The van der Waals surface area contributed by atoms with Crippen LogP contribution in [-0.2, 0) is 4.74 Å². The molecule has 1 atom stereocenters. The van der Waals surface area contributed by atoms with Crippen molar-refractivity contribution >= 4 is 0 Å². The fourth-order valence-electron chi connectivity index (χ4n) is 2.17. The van der Waals surface area contributed by atoms with Gasteiger partial charge < -0.3 is 14.0 Å². The third kappa shape index (κ3) is 2.82. The molecule has 0 radical (unpaired) electrons. The van der Waals surface area contributed by atoms with Crippen LogP contribution in [0.25, 0.3) is 11.5 Å². The maximum absolute atomic E-state index is 5.55. The average Bonchev–Trinajstić information content (AvgIpc) is 3.16. The van der Waals surface area contributed by atoms with Gasteiger partial charge in [0.15, 0.2) is 5.82 Å². The molecule has 0 N–H and O–H groups in total. The molecule has 1 saturated heterocycles. The van der Waals surface area contributed by atoms with E-state index >= 15 is 0 Å². The standard InChI is InChI=1S/C15H18N2O3/c1-2-8-19-13-5-3-11(4-6-13)15-16-14(17-20-15)12-7-9-18-10-12/h3-6,12H,2,7-10H2,1H3/t12-/m1/s1. The molecular weight excluding hydrogens is 256 g/mol. The summed E-state index contributed by atoms with van der Waals surface area (Å²) in [6.45, 7) is 4.27. The molecule has 1 aromatic heterocycles. The van der Waals surface area contributed by atoms with Crippen molar-refractivity contribution in [2.24, 2.45) is 0 Å². The molecule has 2 aromatic rings. The van der Waals surface area contributed by atoms with E-state index in [1.807, 2.05) is 24.3 Å². The zero-order valence-corrected chi connectivity index (χ0v) is 11.5. The van der Waals surface area contributed by atoms with Gasteiger partial charge in [-0.3, -0.25) is 0 Å². The quantitative estimate of drug-likeness (QED) is 0.838. The summed E-state index contributed by atoms with van der Waals surface area (Å²) in [5.41, 5.74) is 0.909. The maximum atomic E-state index is 5.55. The van der Waals surface area contributed by atoms with Gasteiger partial charge in [0, 0.05) is 18.1 Å². The molecule has 5 nitrogen and oxygen atoms in total. The van der Waals surface area contributed by atoms with E-state index < -0.39 is 0 Å². The molecule has 0 amide bonds. The Morgan fingerprint density at radius 3 is 2.85 bits per heavy atom. The van der Waals surface area contributed by atoms with Crippen molar-refractivity contribution in [3.8, 4) is 17.2 Å². The molecule has 0 unspecified atom stereocenters. The first kappa shape index (κ1) is 13.1. The predicted molar refractivity (Wildman–Crippen MR) is 73.7 cm³/mol. The minimum absolute atomic E-state index is 0.264. The zero-order valence-electron chi connectivity index (χ0n) is 11.5. The molecule has 0 bridgehead atoms. The van der Waals surface area contributed by atoms with Crippen LogP contribution in [0.4, 0.5) is 0 Å². The first-order valence-corrected chi connectivity index (χ1v) is 7.01. The Hall–Kier alpha value is -1.88. The number of rotatable bonds is 5. The lowest BCUT2D eigenvalue weighted by molar-refractivity contribution is 0.192. The molecule has 3 rings (SSSR count). The molecule has 0 spiro atoms. The van der Waals surface area contributed by atoms with Crippen molar-refractivity contribution in [1.82, 2.24) is 10.1 Å². The second-order valence-corrected chi connectivity index (χ2v) is 4.89. The predicted octanol–water partition coefficient (Wildman–Crippen LogP) is 3.03. The summed E-state index contributed by atoms with van der Waals surface area (Å²) in [6, 6.07) is 7.72. The minimum atomic E-state index is 0.264. The highest BCUT2D eigenvalue weighted by Crippen LogP contribution is 2.26. The first-order valence-electron chi connectivity index (χ1n) is 7.01. The molecule has 1 aromatic carbocycles. The fraction of sp³-hybridized carbons (Fsp3) is 0.467. The van der Waals surface area contributed by atoms with Crippen LogP contribution >= 0.6 is 0 Å². The molecular formula is C15H18N2O3. The maximum Gasteiger partial charge on any atom is 0.257 e. The minimum Gasteiger partial charge on any atom is -0.494 e. The third-order valence-electron chi connectivity index (χ3n) is 3.31. The number of ether oxygens (including phenoxy) is 2. The number of nitrogens with zero attached hydrogens (tertiary/aromatic N) is 2. The number of aromatic nitrogens is 2. The van der Waals surface area contributed by atoms with Gasteiger partial charge in [-0.2, -0.15) is 4.98 Å². The normalized spacial score (nSPS) is 18.4. The van der Waals surface area contributed by atoms with Crippen LogP contribution in [0.2, 0.25) is 0 Å². The van der Waals surface area contributed by atoms with Crippen molar-refractivity contribution in [2.45, 2.75) is 25.7 Å². The van der Waals surface area contributed by atoms with Gasteiger partial charge in [0.2, 0.25) is 0 Å². The van der Waals surface area contributed by atoms with Gasteiger partial charge in [0.25, 0.3) is 5.89 Å². The van der Waals surface area contributed by atoms with Crippen LogP contribution in [0.15, 0.2) is 28.8 Å². The zero-order chi connectivity index (χ0) is 13.8. The lowest BCUT2D eigenvalue weighted by atomic mass is 10.1. The van der Waals surface area contributed by atoms with E-state index in [0.717, 1.165) is 43.2 Å². The highest BCUT2D eigenvalue weighted by molar-refractivity contribution is 5.54. The van der Waals surface area contributed by atoms with Gasteiger partial charge in [0.1, 0.15) is 5.75 Å². The van der Waals surface area contributed by atoms with Crippen LogP contribution in [0.5, 0.6) is 5.75 Å². The van der Waals surface area contributed by atoms with E-state index in [9.17, 15) is 0 Å². The van der Waals surface area contributed by atoms with Crippen LogP contribution < -0.4 is 4.74 Å². The molecule has 1 fully saturated rings. The third-order valence-corrected chi connectivity index (χ3v) is 3.31. The summed E-state index contributed by atoms with van der Waals surface area (Å²) in [5, 5.41) is 4.05. The van der Waals surface area contributed by atoms with E-state index in [2.05, 4.69) is 17.1 Å². The Morgan fingerprint density at radius 1 is 1.30 bits per heavy atom. The fourth-order valence-corrected chi connectivity index (χ4v) is 2.17. The van der Waals surface area contributed by atoms with Crippen molar-refractivity contribution in [3.05, 3.63) is 30.1 Å². The smallest absolute Gasteiger partial charge is 0.257 e.